The van der Waals surface area contributed by atoms with Crippen molar-refractivity contribution in [3.8, 4) is 0 Å². The maximum atomic E-state index is 11.1. The van der Waals surface area contributed by atoms with Gasteiger partial charge in [-0.15, -0.1) is 0 Å². The second kappa shape index (κ2) is 6.23. The standard InChI is InChI=1S/C12H18N2O2/c1-9(12(15)16-3)6-13-7-11-5-4-10(2)14-8-11/h4-5,8-9,13H,6-7H2,1-3H3. The maximum Gasteiger partial charge on any atom is 0.309 e. The average molecular weight is 222 g/mol. The lowest BCUT2D eigenvalue weighted by atomic mass is 10.2. The van der Waals surface area contributed by atoms with Gasteiger partial charge in [-0.25, -0.2) is 0 Å². The second-order valence-electron chi connectivity index (χ2n) is 3.86. The normalized spacial score (nSPS) is 12.2. The highest BCUT2D eigenvalue weighted by atomic mass is 16.5. The summed E-state index contributed by atoms with van der Waals surface area (Å²) in [6.45, 7) is 5.12. The van der Waals surface area contributed by atoms with E-state index < -0.39 is 0 Å². The van der Waals surface area contributed by atoms with E-state index in [1.165, 1.54) is 7.11 Å². The van der Waals surface area contributed by atoms with Gasteiger partial charge in [-0.2, -0.15) is 0 Å². The molecule has 88 valence electrons. The number of hydrogen-bond donors (Lipinski definition) is 1. The third-order valence-electron chi connectivity index (χ3n) is 2.36. The van der Waals surface area contributed by atoms with Gasteiger partial charge in [-0.1, -0.05) is 13.0 Å². The Bertz CT molecular complexity index is 335. The molecule has 4 nitrogen and oxygen atoms in total. The number of hydrogen-bond acceptors (Lipinski definition) is 4. The van der Waals surface area contributed by atoms with Gasteiger partial charge >= 0.3 is 5.97 Å². The van der Waals surface area contributed by atoms with E-state index in [1.807, 2.05) is 32.2 Å². The van der Waals surface area contributed by atoms with Crippen LogP contribution in [0.4, 0.5) is 0 Å². The van der Waals surface area contributed by atoms with E-state index >= 15 is 0 Å². The van der Waals surface area contributed by atoms with Crippen LogP contribution >= 0.6 is 0 Å². The Hall–Kier alpha value is -1.42. The Morgan fingerprint density at radius 2 is 2.31 bits per heavy atom. The number of rotatable bonds is 5. The molecule has 0 aliphatic heterocycles. The van der Waals surface area contributed by atoms with Gasteiger partial charge in [0, 0.05) is 25.0 Å². The zero-order chi connectivity index (χ0) is 12.0. The molecule has 0 aliphatic rings. The van der Waals surface area contributed by atoms with Crippen molar-refractivity contribution < 1.29 is 9.53 Å². The van der Waals surface area contributed by atoms with Crippen molar-refractivity contribution in [2.45, 2.75) is 20.4 Å². The van der Waals surface area contributed by atoms with Crippen LogP contribution in [0.5, 0.6) is 0 Å². The molecular formula is C12H18N2O2. The molecule has 0 saturated carbocycles. The quantitative estimate of drug-likeness (QED) is 0.763. The van der Waals surface area contributed by atoms with Crippen LogP contribution in [-0.4, -0.2) is 24.6 Å². The van der Waals surface area contributed by atoms with Gasteiger partial charge in [0.15, 0.2) is 0 Å². The van der Waals surface area contributed by atoms with Gasteiger partial charge in [0.25, 0.3) is 0 Å². The Kier molecular flexibility index (Phi) is 4.92. The zero-order valence-corrected chi connectivity index (χ0v) is 9.99. The number of nitrogens with one attached hydrogen (secondary N) is 1. The van der Waals surface area contributed by atoms with Crippen LogP contribution in [0.2, 0.25) is 0 Å². The van der Waals surface area contributed by atoms with Crippen LogP contribution in [0.3, 0.4) is 0 Å². The van der Waals surface area contributed by atoms with Crippen LogP contribution < -0.4 is 5.32 Å². The number of esters is 1. The first-order chi connectivity index (χ1) is 7.63. The van der Waals surface area contributed by atoms with Crippen molar-refractivity contribution in [1.29, 1.82) is 0 Å². The number of methoxy groups -OCH3 is 1. The summed E-state index contributed by atoms with van der Waals surface area (Å²) < 4.78 is 4.64. The summed E-state index contributed by atoms with van der Waals surface area (Å²) in [7, 11) is 1.41. The molecule has 1 N–H and O–H groups in total. The molecule has 16 heavy (non-hydrogen) atoms. The predicted octanol–water partition coefficient (Wildman–Crippen LogP) is 1.29. The first kappa shape index (κ1) is 12.6. The summed E-state index contributed by atoms with van der Waals surface area (Å²) in [6.07, 6.45) is 1.84. The summed E-state index contributed by atoms with van der Waals surface area (Å²) in [5.41, 5.74) is 2.12. The lowest BCUT2D eigenvalue weighted by molar-refractivity contribution is -0.144. The number of carbonyl (C=O) groups excluding carboxylic acids is 1. The molecule has 1 unspecified atom stereocenters. The molecule has 0 amide bonds. The van der Waals surface area contributed by atoms with Crippen molar-refractivity contribution in [1.82, 2.24) is 10.3 Å². The van der Waals surface area contributed by atoms with Crippen molar-refractivity contribution in [2.24, 2.45) is 5.92 Å². The number of aryl methyl sites for hydroxylation is 1. The highest BCUT2D eigenvalue weighted by Crippen LogP contribution is 2.00. The SMILES string of the molecule is COC(=O)C(C)CNCc1ccc(C)nc1. The summed E-state index contributed by atoms with van der Waals surface area (Å²) in [6, 6.07) is 4.00. The minimum absolute atomic E-state index is 0.122. The Morgan fingerprint density at radius 1 is 1.56 bits per heavy atom. The van der Waals surface area contributed by atoms with Crippen LogP contribution in [0.15, 0.2) is 18.3 Å². The van der Waals surface area contributed by atoms with Gasteiger partial charge in [-0.3, -0.25) is 9.78 Å². The summed E-state index contributed by atoms with van der Waals surface area (Å²) in [5.74, 6) is -0.307. The van der Waals surface area contributed by atoms with Crippen LogP contribution in [-0.2, 0) is 16.1 Å². The molecule has 0 aromatic carbocycles. The molecule has 1 heterocycles. The molecular weight excluding hydrogens is 204 g/mol. The maximum absolute atomic E-state index is 11.1. The van der Waals surface area contributed by atoms with Crippen LogP contribution in [0.25, 0.3) is 0 Å². The second-order valence-corrected chi connectivity index (χ2v) is 3.86. The molecule has 1 atom stereocenters. The van der Waals surface area contributed by atoms with Crippen molar-refractivity contribution in [3.05, 3.63) is 29.6 Å². The fraction of sp³-hybridized carbons (Fsp3) is 0.500. The van der Waals surface area contributed by atoms with E-state index in [-0.39, 0.29) is 11.9 Å². The molecule has 0 radical (unpaired) electrons. The van der Waals surface area contributed by atoms with Gasteiger partial charge in [-0.05, 0) is 18.6 Å². The Labute approximate surface area is 96.0 Å². The van der Waals surface area contributed by atoms with Gasteiger partial charge in [0.05, 0.1) is 13.0 Å². The average Bonchev–Trinajstić information content (AvgIpc) is 2.30. The molecule has 1 rings (SSSR count). The van der Waals surface area contributed by atoms with Gasteiger partial charge in [0.1, 0.15) is 0 Å². The number of pyridine rings is 1. The first-order valence-corrected chi connectivity index (χ1v) is 5.33. The Balaban J connectivity index is 2.30. The van der Waals surface area contributed by atoms with E-state index in [2.05, 4.69) is 15.0 Å². The molecule has 1 aromatic heterocycles. The fourth-order valence-electron chi connectivity index (χ4n) is 1.32. The third-order valence-corrected chi connectivity index (χ3v) is 2.36. The summed E-state index contributed by atoms with van der Waals surface area (Å²) >= 11 is 0. The van der Waals surface area contributed by atoms with Crippen molar-refractivity contribution >= 4 is 5.97 Å². The minimum atomic E-state index is -0.186. The third kappa shape index (κ3) is 3.98. The smallest absolute Gasteiger partial charge is 0.309 e. The van der Waals surface area contributed by atoms with E-state index in [0.717, 1.165) is 11.3 Å². The zero-order valence-electron chi connectivity index (χ0n) is 9.99. The highest BCUT2D eigenvalue weighted by Gasteiger charge is 2.11. The number of ether oxygens (including phenoxy) is 1. The molecule has 0 saturated heterocycles. The monoisotopic (exact) mass is 222 g/mol. The highest BCUT2D eigenvalue weighted by molar-refractivity contribution is 5.71. The van der Waals surface area contributed by atoms with E-state index in [0.29, 0.717) is 13.1 Å². The molecule has 1 aromatic rings. The largest absolute Gasteiger partial charge is 0.469 e. The number of carbonyl (C=O) groups is 1. The summed E-state index contributed by atoms with van der Waals surface area (Å²) in [5, 5.41) is 3.20. The molecule has 0 aliphatic carbocycles. The molecule has 0 bridgehead atoms. The van der Waals surface area contributed by atoms with Crippen LogP contribution in [0.1, 0.15) is 18.2 Å². The van der Waals surface area contributed by atoms with Gasteiger partial charge < -0.3 is 10.1 Å². The predicted molar refractivity (Wildman–Crippen MR) is 61.9 cm³/mol. The molecule has 4 heteroatoms. The first-order valence-electron chi connectivity index (χ1n) is 5.33. The minimum Gasteiger partial charge on any atom is -0.469 e. The Morgan fingerprint density at radius 3 is 2.88 bits per heavy atom. The van der Waals surface area contributed by atoms with E-state index in [9.17, 15) is 4.79 Å². The summed E-state index contributed by atoms with van der Waals surface area (Å²) in [4.78, 5) is 15.3. The van der Waals surface area contributed by atoms with Crippen molar-refractivity contribution in [2.75, 3.05) is 13.7 Å². The van der Waals surface area contributed by atoms with E-state index in [4.69, 9.17) is 0 Å². The lowest BCUT2D eigenvalue weighted by Gasteiger charge is -2.10. The lowest BCUT2D eigenvalue weighted by Crippen LogP contribution is -2.27. The number of nitrogens with zero attached hydrogens (tertiary/aromatic N) is 1. The topological polar surface area (TPSA) is 51.2 Å². The molecule has 0 fully saturated rings. The van der Waals surface area contributed by atoms with Crippen LogP contribution in [0, 0.1) is 12.8 Å². The number of aromatic nitrogens is 1. The fourth-order valence-corrected chi connectivity index (χ4v) is 1.32. The van der Waals surface area contributed by atoms with E-state index in [1.54, 1.807) is 0 Å². The van der Waals surface area contributed by atoms with Crippen molar-refractivity contribution in [3.63, 3.8) is 0 Å². The van der Waals surface area contributed by atoms with Gasteiger partial charge in [0.2, 0.25) is 0 Å². The molecule has 0 spiro atoms.